The second kappa shape index (κ2) is 63.8. The zero-order valence-corrected chi connectivity index (χ0v) is 61.8. The van der Waals surface area contributed by atoms with Crippen LogP contribution in [0.2, 0.25) is 0 Å². The minimum Gasteiger partial charge on any atom is -0.462 e. The lowest BCUT2D eigenvalue weighted by Crippen LogP contribution is -2.30. The summed E-state index contributed by atoms with van der Waals surface area (Å²) >= 11 is 0. The summed E-state index contributed by atoms with van der Waals surface area (Å²) in [6.45, 7) is 11.8. The molecule has 0 aliphatic heterocycles. The number of ether oxygens (including phenoxy) is 4. The minimum absolute atomic E-state index is 0.105. The van der Waals surface area contributed by atoms with E-state index >= 15 is 0 Å². The van der Waals surface area contributed by atoms with Crippen LogP contribution in [0.4, 0.5) is 0 Å². The molecule has 19 heteroatoms. The van der Waals surface area contributed by atoms with E-state index in [1.54, 1.807) is 0 Å². The van der Waals surface area contributed by atoms with E-state index in [2.05, 4.69) is 48.5 Å². The Balaban J connectivity index is 5.26. The lowest BCUT2D eigenvalue weighted by atomic mass is 9.99. The van der Waals surface area contributed by atoms with Crippen molar-refractivity contribution in [3.8, 4) is 0 Å². The third-order valence-electron chi connectivity index (χ3n) is 17.2. The van der Waals surface area contributed by atoms with Crippen molar-refractivity contribution in [2.24, 2.45) is 17.8 Å². The van der Waals surface area contributed by atoms with Gasteiger partial charge in [-0.25, -0.2) is 9.13 Å². The van der Waals surface area contributed by atoms with Crippen molar-refractivity contribution in [1.29, 1.82) is 0 Å². The summed E-state index contributed by atoms with van der Waals surface area (Å²) in [5.41, 5.74) is 0. The molecule has 0 aromatic carbocycles. The second-order valence-corrected chi connectivity index (χ2v) is 30.4. The maximum atomic E-state index is 13.0. The number of phosphoric ester groups is 2. The lowest BCUT2D eigenvalue weighted by molar-refractivity contribution is -0.161. The molecule has 0 aromatic rings. The van der Waals surface area contributed by atoms with Crippen LogP contribution in [0.1, 0.15) is 370 Å². The topological polar surface area (TPSA) is 237 Å². The first-order valence-corrected chi connectivity index (χ1v) is 40.9. The number of unbranched alkanes of at least 4 members (excludes halogenated alkanes) is 38. The van der Waals surface area contributed by atoms with Gasteiger partial charge in [-0.15, -0.1) is 0 Å². The molecule has 0 rings (SSSR count). The fraction of sp³-hybridized carbons (Fsp3) is 0.945. The lowest BCUT2D eigenvalue weighted by Gasteiger charge is -2.21. The summed E-state index contributed by atoms with van der Waals surface area (Å²) in [5, 5.41) is 10.6. The number of carbonyl (C=O) groups excluding carboxylic acids is 4. The highest BCUT2D eigenvalue weighted by molar-refractivity contribution is 7.47. The number of aliphatic hydroxyl groups excluding tert-OH is 1. The van der Waals surface area contributed by atoms with Gasteiger partial charge in [0.2, 0.25) is 0 Å². The molecule has 17 nitrogen and oxygen atoms in total. The molecule has 0 aliphatic carbocycles. The first-order valence-electron chi connectivity index (χ1n) is 37.9. The highest BCUT2D eigenvalue weighted by Gasteiger charge is 2.30. The number of esters is 4. The fourth-order valence-corrected chi connectivity index (χ4v) is 12.6. The summed E-state index contributed by atoms with van der Waals surface area (Å²) in [5.74, 6) is 0.136. The van der Waals surface area contributed by atoms with Crippen LogP contribution in [-0.4, -0.2) is 96.7 Å². The molecule has 546 valence electrons. The number of aliphatic hydroxyl groups is 1. The van der Waals surface area contributed by atoms with Crippen LogP contribution in [0.3, 0.4) is 0 Å². The second-order valence-electron chi connectivity index (χ2n) is 27.5. The Bertz CT molecular complexity index is 1800. The largest absolute Gasteiger partial charge is 0.472 e. The van der Waals surface area contributed by atoms with E-state index in [-0.39, 0.29) is 25.7 Å². The molecule has 0 amide bonds. The van der Waals surface area contributed by atoms with Crippen molar-refractivity contribution in [2.45, 2.75) is 388 Å². The van der Waals surface area contributed by atoms with Crippen molar-refractivity contribution >= 4 is 39.5 Å². The third-order valence-corrected chi connectivity index (χ3v) is 19.1. The highest BCUT2D eigenvalue weighted by Crippen LogP contribution is 2.45. The van der Waals surface area contributed by atoms with E-state index in [1.165, 1.54) is 180 Å². The normalized spacial score (nSPS) is 14.4. The predicted octanol–water partition coefficient (Wildman–Crippen LogP) is 21.0. The molecule has 0 heterocycles. The summed E-state index contributed by atoms with van der Waals surface area (Å²) < 4.78 is 68.4. The Labute approximate surface area is 562 Å². The van der Waals surface area contributed by atoms with E-state index in [0.717, 1.165) is 108 Å². The van der Waals surface area contributed by atoms with Crippen LogP contribution in [0.15, 0.2) is 0 Å². The maximum Gasteiger partial charge on any atom is 0.472 e. The van der Waals surface area contributed by atoms with Gasteiger partial charge in [0, 0.05) is 25.7 Å². The van der Waals surface area contributed by atoms with Crippen molar-refractivity contribution in [3.05, 3.63) is 0 Å². The summed E-state index contributed by atoms with van der Waals surface area (Å²) in [6, 6.07) is 0. The average Bonchev–Trinajstić information content (AvgIpc) is 1.34. The molecule has 92 heavy (non-hydrogen) atoms. The Morgan fingerprint density at radius 2 is 0.554 bits per heavy atom. The Kier molecular flexibility index (Phi) is 62.4. The van der Waals surface area contributed by atoms with Gasteiger partial charge >= 0.3 is 39.5 Å². The van der Waals surface area contributed by atoms with Gasteiger partial charge in [-0.05, 0) is 43.4 Å². The number of carbonyl (C=O) groups is 4. The van der Waals surface area contributed by atoms with Gasteiger partial charge in [-0.3, -0.25) is 37.3 Å². The van der Waals surface area contributed by atoms with Crippen molar-refractivity contribution < 1.29 is 80.2 Å². The van der Waals surface area contributed by atoms with Crippen LogP contribution in [0, 0.1) is 17.8 Å². The molecule has 0 bridgehead atoms. The third kappa shape index (κ3) is 65.4. The molecule has 0 fully saturated rings. The van der Waals surface area contributed by atoms with Gasteiger partial charge in [0.15, 0.2) is 12.2 Å². The Morgan fingerprint density at radius 3 is 0.826 bits per heavy atom. The molecule has 0 aromatic heterocycles. The Morgan fingerprint density at radius 1 is 0.315 bits per heavy atom. The molecule has 3 N–H and O–H groups in total. The quantitative estimate of drug-likeness (QED) is 0.0222. The van der Waals surface area contributed by atoms with Crippen LogP contribution in [0.5, 0.6) is 0 Å². The standard InChI is InChI=1S/C73H142O17P2/c1-8-10-11-12-13-14-15-16-17-18-19-20-25-35-42-49-56-72(77)89-68(60-83-70(75)54-47-40-33-26-21-23-30-37-44-51-64(3)4)62-87-91(79,80)85-58-67(74)59-86-92(81,82)88-63-69(90-73(78)57-50-43-36-27-22-24-31-38-45-52-65(5)6)61-84-71(76)55-48-41-34-29-28-32-39-46-53-66(7)9-2/h64-69,74H,8-63H2,1-7H3,(H,79,80)(H,81,82)/t66?,67-,68-,69-/m1/s1. The molecular weight excluding hydrogens is 1210 g/mol. The zero-order valence-electron chi connectivity index (χ0n) is 60.0. The summed E-state index contributed by atoms with van der Waals surface area (Å²) in [4.78, 5) is 72.7. The smallest absolute Gasteiger partial charge is 0.462 e. The van der Waals surface area contributed by atoms with E-state index in [1.807, 2.05) is 0 Å². The molecule has 0 saturated heterocycles. The molecular formula is C73H142O17P2. The molecule has 0 aliphatic rings. The predicted molar refractivity (Wildman–Crippen MR) is 372 cm³/mol. The van der Waals surface area contributed by atoms with Gasteiger partial charge in [-0.1, -0.05) is 318 Å². The number of hydrogen-bond acceptors (Lipinski definition) is 15. The zero-order chi connectivity index (χ0) is 68.0. The molecule has 0 saturated carbocycles. The van der Waals surface area contributed by atoms with Crippen LogP contribution < -0.4 is 0 Å². The first kappa shape index (κ1) is 90.1. The van der Waals surface area contributed by atoms with Crippen LogP contribution >= 0.6 is 15.6 Å². The number of phosphoric acid groups is 2. The number of hydrogen-bond donors (Lipinski definition) is 3. The summed E-state index contributed by atoms with van der Waals surface area (Å²) in [7, 11) is -9.91. The minimum atomic E-state index is -4.95. The highest BCUT2D eigenvalue weighted by atomic mass is 31.2. The maximum absolute atomic E-state index is 13.0. The van der Waals surface area contributed by atoms with E-state index in [4.69, 9.17) is 37.0 Å². The van der Waals surface area contributed by atoms with Crippen LogP contribution in [0.25, 0.3) is 0 Å². The van der Waals surface area contributed by atoms with E-state index in [0.29, 0.717) is 25.7 Å². The Hall–Kier alpha value is -1.94. The number of rotatable bonds is 71. The van der Waals surface area contributed by atoms with Gasteiger partial charge in [0.1, 0.15) is 19.3 Å². The van der Waals surface area contributed by atoms with E-state index in [9.17, 15) is 43.2 Å². The molecule has 6 atom stereocenters. The van der Waals surface area contributed by atoms with Crippen molar-refractivity contribution in [3.63, 3.8) is 0 Å². The molecule has 0 radical (unpaired) electrons. The average molecular weight is 1350 g/mol. The first-order chi connectivity index (χ1) is 44.3. The van der Waals surface area contributed by atoms with Crippen molar-refractivity contribution in [1.82, 2.24) is 0 Å². The van der Waals surface area contributed by atoms with Gasteiger partial charge in [0.05, 0.1) is 26.4 Å². The van der Waals surface area contributed by atoms with Gasteiger partial charge < -0.3 is 33.8 Å². The molecule has 0 spiro atoms. The fourth-order valence-electron chi connectivity index (χ4n) is 11.0. The van der Waals surface area contributed by atoms with E-state index < -0.39 is 97.5 Å². The van der Waals surface area contributed by atoms with Gasteiger partial charge in [0.25, 0.3) is 0 Å². The van der Waals surface area contributed by atoms with Crippen molar-refractivity contribution in [2.75, 3.05) is 39.6 Å². The SMILES string of the molecule is CCCCCCCCCCCCCCCCCCC(=O)O[C@H](COC(=O)CCCCCCCCCCCC(C)C)COP(=O)(O)OC[C@@H](O)COP(=O)(O)OC[C@@H](COC(=O)CCCCCCCCCCC(C)CC)OC(=O)CCCCCCCCCCCC(C)C. The summed E-state index contributed by atoms with van der Waals surface area (Å²) in [6.07, 6.45) is 48.5. The monoisotopic (exact) mass is 1350 g/mol. The van der Waals surface area contributed by atoms with Crippen LogP contribution in [-0.2, 0) is 65.4 Å². The molecule has 3 unspecified atom stereocenters. The van der Waals surface area contributed by atoms with Gasteiger partial charge in [-0.2, -0.15) is 0 Å².